The maximum Gasteiger partial charge on any atom is 0.162 e. The van der Waals surface area contributed by atoms with Gasteiger partial charge in [0.15, 0.2) is 11.6 Å². The topological polar surface area (TPSA) is 0 Å². The Hall–Kier alpha value is -5.80. The van der Waals surface area contributed by atoms with Crippen LogP contribution < -0.4 is 0 Å². The van der Waals surface area contributed by atoms with Crippen LogP contribution in [0.25, 0.3) is 0 Å². The van der Waals surface area contributed by atoms with Crippen LogP contribution in [0.2, 0.25) is 5.02 Å². The maximum absolute atomic E-state index is 13.7. The van der Waals surface area contributed by atoms with E-state index in [9.17, 15) is 39.5 Å². The molecule has 0 saturated heterocycles. The van der Waals surface area contributed by atoms with Crippen LogP contribution in [0, 0.1) is 59.3 Å². The van der Waals surface area contributed by atoms with Crippen molar-refractivity contribution < 1.29 is 39.5 Å². The molecule has 0 atom stereocenters. The van der Waals surface area contributed by atoms with E-state index in [-0.39, 0.29) is 81.5 Å². The molecule has 95 heavy (non-hydrogen) atoms. The lowest BCUT2D eigenvalue weighted by Crippen LogP contribution is -2.05. The Morgan fingerprint density at radius 2 is 0.526 bits per heavy atom. The molecule has 0 fully saturated rings. The van der Waals surface area contributed by atoms with Crippen molar-refractivity contribution in [2.75, 3.05) is 0 Å². The number of aryl methyl sites for hydroxylation is 1. The SMILES string of the molecule is CC(C)c1c(F)ccc(F)c1C(C)C.CC(C)c1cc(F)cc(F)c1C(C)C.CC(C)c1ccc(Cl)c(F)c1C(C)C.CC(C)c1ccc(F)c(F)c1C(C)C.CC(C)c1ccc(F)cc1C(C)C.CC(C)c1cccc(F)c1C(C)C.Cc1cccc(C(C)C)c1C(C)C. The molecule has 0 aliphatic rings. The number of halogens is 10. The van der Waals surface area contributed by atoms with Gasteiger partial charge in [-0.15, -0.1) is 0 Å². The van der Waals surface area contributed by atoms with Crippen LogP contribution in [0.15, 0.2) is 103 Å². The zero-order valence-corrected chi connectivity index (χ0v) is 63.9. The molecule has 0 unspecified atom stereocenters. The average Bonchev–Trinajstić information content (AvgIpc) is 0.857. The van der Waals surface area contributed by atoms with E-state index in [0.717, 1.165) is 45.0 Å². The van der Waals surface area contributed by atoms with Crippen LogP contribution in [0.3, 0.4) is 0 Å². The Morgan fingerprint density at radius 1 is 0.221 bits per heavy atom. The third-order valence-corrected chi connectivity index (χ3v) is 16.8. The minimum absolute atomic E-state index is 0.0168. The molecule has 7 aromatic rings. The minimum atomic E-state index is -0.752. The Kier molecular flexibility index (Phi) is 37.5. The molecule has 0 amide bonds. The first kappa shape index (κ1) is 87.2. The summed E-state index contributed by atoms with van der Waals surface area (Å²) in [6.45, 7) is 59.1. The van der Waals surface area contributed by atoms with Crippen LogP contribution in [-0.2, 0) is 0 Å². The monoisotopic (exact) mass is 1340 g/mol. The lowest BCUT2D eigenvalue weighted by Gasteiger charge is -2.18. The van der Waals surface area contributed by atoms with Crippen molar-refractivity contribution in [2.24, 2.45) is 0 Å². The van der Waals surface area contributed by atoms with Crippen LogP contribution in [0.5, 0.6) is 0 Å². The van der Waals surface area contributed by atoms with Crippen molar-refractivity contribution >= 4 is 11.6 Å². The zero-order chi connectivity index (χ0) is 73.5. The van der Waals surface area contributed by atoms with Gasteiger partial charge in [0.25, 0.3) is 0 Å². The molecule has 0 heterocycles. The lowest BCUT2D eigenvalue weighted by atomic mass is 9.87. The quantitative estimate of drug-likeness (QED) is 0.0952. The molecule has 0 nitrogen and oxygen atoms in total. The molecule has 0 bridgehead atoms. The Morgan fingerprint density at radius 3 is 0.895 bits per heavy atom. The van der Waals surface area contributed by atoms with E-state index in [1.807, 2.05) is 129 Å². The maximum atomic E-state index is 13.7. The molecule has 7 rings (SSSR count). The number of benzene rings is 7. The fraction of sp³-hybridized carbons (Fsp3) is 0.506. The molecule has 0 aliphatic heterocycles. The van der Waals surface area contributed by atoms with Crippen LogP contribution in [0.1, 0.15) is 360 Å². The molecular weight excluding hydrogens is 1230 g/mol. The van der Waals surface area contributed by atoms with Crippen molar-refractivity contribution in [3.05, 3.63) is 244 Å². The third-order valence-electron chi connectivity index (χ3n) is 16.5. The summed E-state index contributed by atoms with van der Waals surface area (Å²) in [5.41, 5.74) is 14.6. The molecule has 0 aromatic heterocycles. The predicted molar refractivity (Wildman–Crippen MR) is 392 cm³/mol. The summed E-state index contributed by atoms with van der Waals surface area (Å²) < 4.78 is 120. The van der Waals surface area contributed by atoms with Gasteiger partial charge in [-0.1, -0.05) is 254 Å². The molecule has 0 N–H and O–H groups in total. The summed E-state index contributed by atoms with van der Waals surface area (Å²) >= 11 is 5.76. The molecule has 0 spiro atoms. The van der Waals surface area contributed by atoms with Crippen molar-refractivity contribution in [3.63, 3.8) is 0 Å². The molecule has 10 heteroatoms. The number of hydrogen-bond donors (Lipinski definition) is 0. The summed E-state index contributed by atoms with van der Waals surface area (Å²) in [5.74, 6) is 0.405. The van der Waals surface area contributed by atoms with Gasteiger partial charge in [0.2, 0.25) is 0 Å². The lowest BCUT2D eigenvalue weighted by molar-refractivity contribution is 0.489. The van der Waals surface area contributed by atoms with Crippen molar-refractivity contribution in [2.45, 2.75) is 284 Å². The van der Waals surface area contributed by atoms with Gasteiger partial charge in [0.05, 0.1) is 5.02 Å². The molecule has 0 aliphatic carbocycles. The Bertz CT molecular complexity index is 3270. The summed E-state index contributed by atoms with van der Waals surface area (Å²) in [5, 5.41) is 0.220. The van der Waals surface area contributed by atoms with E-state index in [0.29, 0.717) is 57.8 Å². The van der Waals surface area contributed by atoms with Gasteiger partial charge in [-0.2, -0.15) is 0 Å². The van der Waals surface area contributed by atoms with Gasteiger partial charge in [-0.05, 0) is 222 Å². The van der Waals surface area contributed by atoms with Crippen LogP contribution in [-0.4, -0.2) is 0 Å². The summed E-state index contributed by atoms with van der Waals surface area (Å²) in [7, 11) is 0. The van der Waals surface area contributed by atoms with Gasteiger partial charge < -0.3 is 0 Å². The van der Waals surface area contributed by atoms with E-state index >= 15 is 0 Å². The smallest absolute Gasteiger partial charge is 0.162 e. The second-order valence-electron chi connectivity index (χ2n) is 29.2. The van der Waals surface area contributed by atoms with E-state index < -0.39 is 23.3 Å². The highest BCUT2D eigenvalue weighted by Crippen LogP contribution is 2.36. The van der Waals surface area contributed by atoms with Crippen molar-refractivity contribution in [1.29, 1.82) is 0 Å². The predicted octanol–water partition coefficient (Wildman–Crippen LogP) is 29.7. The Labute approximate surface area is 575 Å². The normalized spacial score (nSPS) is 11.4. The van der Waals surface area contributed by atoms with Gasteiger partial charge in [0, 0.05) is 6.07 Å². The largest absolute Gasteiger partial charge is 0.207 e. The first-order chi connectivity index (χ1) is 43.9. The van der Waals surface area contributed by atoms with Crippen molar-refractivity contribution in [3.8, 4) is 0 Å². The first-order valence-electron chi connectivity index (χ1n) is 34.5. The summed E-state index contributed by atoms with van der Waals surface area (Å²) in [6, 6.07) is 28.3. The molecular formula is C85H118ClF9. The van der Waals surface area contributed by atoms with E-state index in [4.69, 9.17) is 11.6 Å². The van der Waals surface area contributed by atoms with Gasteiger partial charge in [0.1, 0.15) is 40.7 Å². The van der Waals surface area contributed by atoms with Crippen LogP contribution >= 0.6 is 11.6 Å². The standard InChI is InChI=1S/C13H20.C12H16ClF.3C12H16F2.2C12H17F/c1-9(2)12-8-6-7-11(5)13(12)10(3)4;1-7(2)9-5-6-10(13)12(14)11(9)8(3)4;1-7(2)10-5-9(13)6-11(14)12(10)8(3)4;1-7(2)11-9(13)5-6-10(14)12(11)8(3)4;1-7(2)9-5-6-10(13)12(14)11(9)8(3)4;1-8(2)11-6-5-10(13)7-12(11)9(3)4;1-8(2)10-6-5-7-11(13)12(10)9(3)4/h6-10H,1-5H3;4*5-8H,1-4H3;2*5-9H,1-4H3. The van der Waals surface area contributed by atoms with Crippen molar-refractivity contribution in [1.82, 2.24) is 0 Å². The second kappa shape index (κ2) is 40.8. The zero-order valence-electron chi connectivity index (χ0n) is 63.2. The highest BCUT2D eigenvalue weighted by atomic mass is 35.5. The molecule has 7 aromatic carbocycles. The van der Waals surface area contributed by atoms with Gasteiger partial charge in [-0.25, -0.2) is 39.5 Å². The second-order valence-corrected chi connectivity index (χ2v) is 29.6. The van der Waals surface area contributed by atoms with Crippen LogP contribution in [0.4, 0.5) is 39.5 Å². The highest BCUT2D eigenvalue weighted by molar-refractivity contribution is 6.30. The third kappa shape index (κ3) is 26.2. The fourth-order valence-electron chi connectivity index (χ4n) is 12.0. The molecule has 0 saturated carbocycles. The molecule has 0 radical (unpaired) electrons. The van der Waals surface area contributed by atoms with E-state index in [2.05, 4.69) is 108 Å². The summed E-state index contributed by atoms with van der Waals surface area (Å²) in [6.07, 6.45) is 0. The molecule has 528 valence electrons. The van der Waals surface area contributed by atoms with Gasteiger partial charge in [-0.3, -0.25) is 0 Å². The highest BCUT2D eigenvalue weighted by Gasteiger charge is 2.22. The fourth-order valence-corrected chi connectivity index (χ4v) is 12.2. The summed E-state index contributed by atoms with van der Waals surface area (Å²) in [4.78, 5) is 0. The minimum Gasteiger partial charge on any atom is -0.207 e. The Balaban J connectivity index is 0.000000554. The average molecular weight is 1350 g/mol. The number of hydrogen-bond acceptors (Lipinski definition) is 0. The number of rotatable bonds is 14. The first-order valence-corrected chi connectivity index (χ1v) is 34.8. The van der Waals surface area contributed by atoms with E-state index in [1.54, 1.807) is 36.4 Å². The van der Waals surface area contributed by atoms with Gasteiger partial charge >= 0.3 is 0 Å². The van der Waals surface area contributed by atoms with E-state index in [1.165, 1.54) is 46.5 Å².